The first-order valence-corrected chi connectivity index (χ1v) is 7.13. The second kappa shape index (κ2) is 4.35. The van der Waals surface area contributed by atoms with E-state index >= 15 is 0 Å². The Bertz CT molecular complexity index is 614. The van der Waals surface area contributed by atoms with Crippen molar-refractivity contribution in [2.24, 2.45) is 0 Å². The molecule has 4 heteroatoms. The molecule has 1 aliphatic rings. The summed E-state index contributed by atoms with van der Waals surface area (Å²) in [6.07, 6.45) is 5.35. The van der Waals surface area contributed by atoms with Crippen molar-refractivity contribution in [2.75, 3.05) is 0 Å². The van der Waals surface area contributed by atoms with E-state index in [0.717, 1.165) is 27.9 Å². The van der Waals surface area contributed by atoms with Gasteiger partial charge in [0.2, 0.25) is 0 Å². The molecule has 0 unspecified atom stereocenters. The zero-order chi connectivity index (χ0) is 12.7. The van der Waals surface area contributed by atoms with Gasteiger partial charge in [-0.3, -0.25) is 4.79 Å². The molecule has 3 nitrogen and oxygen atoms in total. The molecule has 1 fully saturated rings. The molecule has 18 heavy (non-hydrogen) atoms. The van der Waals surface area contributed by atoms with Gasteiger partial charge in [-0.25, -0.2) is 4.98 Å². The maximum absolute atomic E-state index is 12.1. The molecule has 0 radical (unpaired) electrons. The van der Waals surface area contributed by atoms with Gasteiger partial charge in [0.15, 0.2) is 0 Å². The lowest BCUT2D eigenvalue weighted by molar-refractivity contribution is 0.0921. The van der Waals surface area contributed by atoms with Gasteiger partial charge in [0.1, 0.15) is 4.83 Å². The van der Waals surface area contributed by atoms with E-state index in [9.17, 15) is 4.79 Å². The minimum Gasteiger partial charge on any atom is -0.349 e. The molecule has 1 saturated carbocycles. The van der Waals surface area contributed by atoms with E-state index in [1.165, 1.54) is 28.9 Å². The third-order valence-electron chi connectivity index (χ3n) is 3.75. The maximum atomic E-state index is 12.1. The van der Waals surface area contributed by atoms with Gasteiger partial charge in [0.25, 0.3) is 5.91 Å². The van der Waals surface area contributed by atoms with E-state index in [1.807, 2.05) is 19.2 Å². The minimum atomic E-state index is 0.0553. The Labute approximate surface area is 110 Å². The van der Waals surface area contributed by atoms with Crippen LogP contribution >= 0.6 is 11.3 Å². The molecule has 1 N–H and O–H groups in total. The second-order valence-corrected chi connectivity index (χ2v) is 6.03. The summed E-state index contributed by atoms with van der Waals surface area (Å²) in [5, 5.41) is 4.18. The Balaban J connectivity index is 1.92. The van der Waals surface area contributed by atoms with Gasteiger partial charge >= 0.3 is 0 Å². The number of thiophene rings is 1. The average Bonchev–Trinajstić information content (AvgIpc) is 2.73. The number of rotatable bonds is 2. The van der Waals surface area contributed by atoms with E-state index in [1.54, 1.807) is 0 Å². The van der Waals surface area contributed by atoms with Gasteiger partial charge in [-0.1, -0.05) is 0 Å². The lowest BCUT2D eigenvalue weighted by Crippen LogP contribution is -2.39. The standard InChI is InChI=1S/C14H16N2OS/c1-8-7-15-14-11(9(8)2)6-12(18-14)13(17)16-10-4-3-5-10/h6-7,10H,3-5H2,1-2H3,(H,16,17). The molecule has 0 atom stereocenters. The fourth-order valence-corrected chi connectivity index (χ4v) is 3.10. The van der Waals surface area contributed by atoms with Crippen molar-refractivity contribution < 1.29 is 4.79 Å². The summed E-state index contributed by atoms with van der Waals surface area (Å²) in [5.74, 6) is 0.0553. The van der Waals surface area contributed by atoms with E-state index < -0.39 is 0 Å². The van der Waals surface area contributed by atoms with Crippen LogP contribution in [0.15, 0.2) is 12.3 Å². The number of aryl methyl sites for hydroxylation is 2. The Hall–Kier alpha value is -1.42. The Kier molecular flexibility index (Phi) is 2.82. The number of nitrogens with zero attached hydrogens (tertiary/aromatic N) is 1. The molecule has 1 aliphatic carbocycles. The zero-order valence-corrected chi connectivity index (χ0v) is 11.4. The van der Waals surface area contributed by atoms with Crippen molar-refractivity contribution in [1.29, 1.82) is 0 Å². The quantitative estimate of drug-likeness (QED) is 0.901. The van der Waals surface area contributed by atoms with Crippen LogP contribution in [0.3, 0.4) is 0 Å². The summed E-state index contributed by atoms with van der Waals surface area (Å²) in [6, 6.07) is 2.36. The molecule has 94 valence electrons. The number of hydrogen-bond acceptors (Lipinski definition) is 3. The zero-order valence-electron chi connectivity index (χ0n) is 10.6. The van der Waals surface area contributed by atoms with Crippen molar-refractivity contribution in [3.63, 3.8) is 0 Å². The van der Waals surface area contributed by atoms with Crippen LogP contribution in [-0.4, -0.2) is 16.9 Å². The SMILES string of the molecule is Cc1cnc2sc(C(=O)NC3CCC3)cc2c1C. The molecule has 2 aromatic heterocycles. The van der Waals surface area contributed by atoms with E-state index in [4.69, 9.17) is 0 Å². The summed E-state index contributed by atoms with van der Waals surface area (Å²) < 4.78 is 0. The molecule has 0 saturated heterocycles. The normalized spacial score (nSPS) is 15.7. The highest BCUT2D eigenvalue weighted by atomic mass is 32.1. The van der Waals surface area contributed by atoms with Crippen LogP contribution in [0.2, 0.25) is 0 Å². The van der Waals surface area contributed by atoms with E-state index in [-0.39, 0.29) is 5.91 Å². The molecule has 2 heterocycles. The van der Waals surface area contributed by atoms with Crippen LogP contribution in [0.4, 0.5) is 0 Å². The first kappa shape index (κ1) is 11.7. The summed E-state index contributed by atoms with van der Waals surface area (Å²) >= 11 is 1.48. The van der Waals surface area contributed by atoms with Gasteiger partial charge in [-0.2, -0.15) is 0 Å². The van der Waals surface area contributed by atoms with Crippen molar-refractivity contribution in [3.05, 3.63) is 28.3 Å². The summed E-state index contributed by atoms with van der Waals surface area (Å²) in [6.45, 7) is 4.13. The van der Waals surface area contributed by atoms with Crippen LogP contribution in [0.1, 0.15) is 40.1 Å². The van der Waals surface area contributed by atoms with Gasteiger partial charge in [-0.05, 0) is 50.3 Å². The third-order valence-corrected chi connectivity index (χ3v) is 4.79. The van der Waals surface area contributed by atoms with Crippen molar-refractivity contribution in [2.45, 2.75) is 39.2 Å². The molecule has 0 aromatic carbocycles. The molecule has 0 bridgehead atoms. The number of carbonyl (C=O) groups excluding carboxylic acids is 1. The van der Waals surface area contributed by atoms with Crippen LogP contribution in [-0.2, 0) is 0 Å². The summed E-state index contributed by atoms with van der Waals surface area (Å²) in [5.41, 5.74) is 2.39. The highest BCUT2D eigenvalue weighted by Crippen LogP contribution is 2.28. The Morgan fingerprint density at radius 3 is 2.89 bits per heavy atom. The van der Waals surface area contributed by atoms with Gasteiger partial charge in [0.05, 0.1) is 4.88 Å². The lowest BCUT2D eigenvalue weighted by Gasteiger charge is -2.25. The van der Waals surface area contributed by atoms with Gasteiger partial charge < -0.3 is 5.32 Å². The van der Waals surface area contributed by atoms with Crippen LogP contribution in [0, 0.1) is 13.8 Å². The summed E-state index contributed by atoms with van der Waals surface area (Å²) in [4.78, 5) is 18.2. The van der Waals surface area contributed by atoms with Gasteiger partial charge in [0, 0.05) is 17.6 Å². The van der Waals surface area contributed by atoms with Crippen molar-refractivity contribution in [1.82, 2.24) is 10.3 Å². The van der Waals surface area contributed by atoms with Crippen LogP contribution < -0.4 is 5.32 Å². The highest BCUT2D eigenvalue weighted by Gasteiger charge is 2.21. The van der Waals surface area contributed by atoms with Crippen LogP contribution in [0.25, 0.3) is 10.2 Å². The smallest absolute Gasteiger partial charge is 0.261 e. The van der Waals surface area contributed by atoms with Gasteiger partial charge in [-0.15, -0.1) is 11.3 Å². The number of carbonyl (C=O) groups is 1. The lowest BCUT2D eigenvalue weighted by atomic mass is 9.93. The highest BCUT2D eigenvalue weighted by molar-refractivity contribution is 7.20. The molecular weight excluding hydrogens is 244 g/mol. The fraction of sp³-hybridized carbons (Fsp3) is 0.429. The van der Waals surface area contributed by atoms with Crippen LogP contribution in [0.5, 0.6) is 0 Å². The minimum absolute atomic E-state index is 0.0553. The predicted molar refractivity (Wildman–Crippen MR) is 74.2 cm³/mol. The first-order valence-electron chi connectivity index (χ1n) is 6.32. The first-order chi connectivity index (χ1) is 8.65. The number of nitrogens with one attached hydrogen (secondary N) is 1. The fourth-order valence-electron chi connectivity index (χ4n) is 2.13. The monoisotopic (exact) mass is 260 g/mol. The summed E-state index contributed by atoms with van der Waals surface area (Å²) in [7, 11) is 0. The Morgan fingerprint density at radius 2 is 2.22 bits per heavy atom. The van der Waals surface area contributed by atoms with Crippen molar-refractivity contribution in [3.8, 4) is 0 Å². The maximum Gasteiger partial charge on any atom is 0.261 e. The molecule has 3 rings (SSSR count). The second-order valence-electron chi connectivity index (χ2n) is 5.00. The predicted octanol–water partition coefficient (Wildman–Crippen LogP) is 3.20. The molecule has 0 spiro atoms. The molecular formula is C14H16N2OS. The third kappa shape index (κ3) is 1.90. The largest absolute Gasteiger partial charge is 0.349 e. The number of fused-ring (bicyclic) bond motifs is 1. The molecule has 1 amide bonds. The Morgan fingerprint density at radius 1 is 1.44 bits per heavy atom. The topological polar surface area (TPSA) is 42.0 Å². The van der Waals surface area contributed by atoms with E-state index in [2.05, 4.69) is 17.2 Å². The number of aromatic nitrogens is 1. The molecule has 2 aromatic rings. The number of amides is 1. The number of hydrogen-bond donors (Lipinski definition) is 1. The van der Waals surface area contributed by atoms with Crippen molar-refractivity contribution >= 4 is 27.5 Å². The molecule has 0 aliphatic heterocycles. The average molecular weight is 260 g/mol. The van der Waals surface area contributed by atoms with E-state index in [0.29, 0.717) is 6.04 Å². The number of pyridine rings is 1.